The molecular weight excluding hydrogens is 455 g/mol. The maximum atomic E-state index is 12.9. The molecule has 26 heavy (non-hydrogen) atoms. The van der Waals surface area contributed by atoms with Gasteiger partial charge in [-0.05, 0) is 64.2 Å². The third-order valence-electron chi connectivity index (χ3n) is 4.81. The van der Waals surface area contributed by atoms with Crippen molar-refractivity contribution in [2.45, 2.75) is 13.0 Å². The maximum absolute atomic E-state index is 12.9. The summed E-state index contributed by atoms with van der Waals surface area (Å²) in [7, 11) is 0. The highest BCUT2D eigenvalue weighted by molar-refractivity contribution is 14.1. The molecule has 0 radical (unpaired) electrons. The van der Waals surface area contributed by atoms with Crippen LogP contribution in [0, 0.1) is 3.57 Å². The zero-order valence-corrected chi connectivity index (χ0v) is 17.5. The van der Waals surface area contributed by atoms with E-state index in [9.17, 15) is 4.79 Å². The van der Waals surface area contributed by atoms with Gasteiger partial charge in [0.05, 0.1) is 4.88 Å². The van der Waals surface area contributed by atoms with Gasteiger partial charge in [-0.15, -0.1) is 11.3 Å². The van der Waals surface area contributed by atoms with E-state index in [2.05, 4.69) is 63.9 Å². The van der Waals surface area contributed by atoms with Gasteiger partial charge in [0.15, 0.2) is 0 Å². The topological polar surface area (TPSA) is 23.6 Å². The first-order valence-corrected chi connectivity index (χ1v) is 10.8. The van der Waals surface area contributed by atoms with Gasteiger partial charge in [0.1, 0.15) is 0 Å². The van der Waals surface area contributed by atoms with Crippen LogP contribution < -0.4 is 0 Å². The summed E-state index contributed by atoms with van der Waals surface area (Å²) in [5.74, 6) is 0.183. The summed E-state index contributed by atoms with van der Waals surface area (Å²) in [6.07, 6.45) is 1.03. The number of amides is 1. The van der Waals surface area contributed by atoms with Crippen LogP contribution in [0.2, 0.25) is 0 Å². The number of rotatable bonds is 3. The van der Waals surface area contributed by atoms with Crippen molar-refractivity contribution in [1.82, 2.24) is 9.80 Å². The molecule has 1 aromatic heterocycles. The number of fused-ring (bicyclic) bond motifs is 1. The first-order valence-electron chi connectivity index (χ1n) is 8.94. The first-order chi connectivity index (χ1) is 12.7. The molecule has 5 heteroatoms. The molecule has 1 aliphatic heterocycles. The van der Waals surface area contributed by atoms with Crippen molar-refractivity contribution < 1.29 is 4.79 Å². The summed E-state index contributed by atoms with van der Waals surface area (Å²) in [6.45, 7) is 4.58. The minimum Gasteiger partial charge on any atom is -0.337 e. The SMILES string of the molecule is O=C(c1cc2ccccc2s1)N1CCCN(Cc2cccc(I)c2)CC1. The van der Waals surface area contributed by atoms with Crippen molar-refractivity contribution in [2.24, 2.45) is 0 Å². The molecule has 3 aromatic rings. The van der Waals surface area contributed by atoms with E-state index in [0.29, 0.717) is 0 Å². The third kappa shape index (κ3) is 4.10. The molecule has 0 unspecified atom stereocenters. The van der Waals surface area contributed by atoms with Crippen LogP contribution in [-0.2, 0) is 6.54 Å². The Balaban J connectivity index is 1.42. The van der Waals surface area contributed by atoms with Crippen molar-refractivity contribution in [1.29, 1.82) is 0 Å². The molecule has 0 atom stereocenters. The number of nitrogens with zero attached hydrogens (tertiary/aromatic N) is 2. The van der Waals surface area contributed by atoms with Crippen molar-refractivity contribution in [2.75, 3.05) is 26.2 Å². The fourth-order valence-corrected chi connectivity index (χ4v) is 5.11. The average molecular weight is 476 g/mol. The van der Waals surface area contributed by atoms with Crippen LogP contribution in [0.4, 0.5) is 0 Å². The highest BCUT2D eigenvalue weighted by atomic mass is 127. The second kappa shape index (κ2) is 8.06. The first kappa shape index (κ1) is 17.9. The van der Waals surface area contributed by atoms with Crippen LogP contribution in [0.5, 0.6) is 0 Å². The number of halogens is 1. The second-order valence-electron chi connectivity index (χ2n) is 6.70. The second-order valence-corrected chi connectivity index (χ2v) is 9.03. The van der Waals surface area contributed by atoms with Crippen LogP contribution in [0.1, 0.15) is 21.7 Å². The molecule has 1 amide bonds. The van der Waals surface area contributed by atoms with E-state index in [1.807, 2.05) is 23.1 Å². The Morgan fingerprint density at radius 2 is 1.88 bits per heavy atom. The molecule has 3 nitrogen and oxygen atoms in total. The minimum atomic E-state index is 0.183. The molecule has 0 aliphatic carbocycles. The van der Waals surface area contributed by atoms with Crippen LogP contribution in [-0.4, -0.2) is 41.9 Å². The largest absolute Gasteiger partial charge is 0.337 e. The van der Waals surface area contributed by atoms with Crippen LogP contribution >= 0.6 is 33.9 Å². The van der Waals surface area contributed by atoms with E-state index in [0.717, 1.165) is 49.4 Å². The van der Waals surface area contributed by atoms with Crippen molar-refractivity contribution in [3.63, 3.8) is 0 Å². The van der Waals surface area contributed by atoms with Crippen LogP contribution in [0.25, 0.3) is 10.1 Å². The van der Waals surface area contributed by atoms with Crippen LogP contribution in [0.15, 0.2) is 54.6 Å². The molecule has 0 spiro atoms. The maximum Gasteiger partial charge on any atom is 0.264 e. The molecule has 0 bridgehead atoms. The summed E-state index contributed by atoms with van der Waals surface area (Å²) in [4.78, 5) is 18.3. The van der Waals surface area contributed by atoms with Crippen molar-refractivity contribution in [3.8, 4) is 0 Å². The zero-order chi connectivity index (χ0) is 17.9. The van der Waals surface area contributed by atoms with Gasteiger partial charge in [0.2, 0.25) is 0 Å². The molecule has 4 rings (SSSR count). The van der Waals surface area contributed by atoms with E-state index >= 15 is 0 Å². The predicted octanol–water partition coefficient (Wildman–Crippen LogP) is 4.85. The molecule has 1 saturated heterocycles. The predicted molar refractivity (Wildman–Crippen MR) is 117 cm³/mol. The van der Waals surface area contributed by atoms with Gasteiger partial charge in [0, 0.05) is 41.0 Å². The van der Waals surface area contributed by atoms with Crippen molar-refractivity contribution >= 4 is 49.9 Å². The molecule has 1 aliphatic rings. The molecule has 134 valence electrons. The summed E-state index contributed by atoms with van der Waals surface area (Å²) in [5.41, 5.74) is 1.35. The molecule has 0 N–H and O–H groups in total. The molecule has 2 aromatic carbocycles. The van der Waals surface area contributed by atoms with Gasteiger partial charge in [-0.2, -0.15) is 0 Å². The number of carbonyl (C=O) groups is 1. The number of hydrogen-bond acceptors (Lipinski definition) is 3. The van der Waals surface area contributed by atoms with E-state index < -0.39 is 0 Å². The molecule has 2 heterocycles. The highest BCUT2D eigenvalue weighted by Crippen LogP contribution is 2.26. The number of hydrogen-bond donors (Lipinski definition) is 0. The van der Waals surface area contributed by atoms with E-state index in [-0.39, 0.29) is 5.91 Å². The summed E-state index contributed by atoms with van der Waals surface area (Å²) in [5, 5.41) is 1.16. The Kier molecular flexibility index (Phi) is 5.57. The van der Waals surface area contributed by atoms with Crippen LogP contribution in [0.3, 0.4) is 0 Å². The lowest BCUT2D eigenvalue weighted by Crippen LogP contribution is -2.34. The Morgan fingerprint density at radius 3 is 2.73 bits per heavy atom. The lowest BCUT2D eigenvalue weighted by Gasteiger charge is -2.21. The number of thiophene rings is 1. The normalized spacial score (nSPS) is 16.0. The Hall–Kier alpha value is -1.44. The Morgan fingerprint density at radius 1 is 1.00 bits per heavy atom. The molecule has 0 saturated carbocycles. The van der Waals surface area contributed by atoms with E-state index in [1.54, 1.807) is 11.3 Å². The summed E-state index contributed by atoms with van der Waals surface area (Å²) < 4.78 is 2.46. The van der Waals surface area contributed by atoms with E-state index in [1.165, 1.54) is 13.8 Å². The summed E-state index contributed by atoms with van der Waals surface area (Å²) >= 11 is 3.97. The standard InChI is InChI=1S/C21H21IN2OS/c22-18-7-3-5-16(13-18)15-23-9-4-10-24(12-11-23)21(25)20-14-17-6-1-2-8-19(17)26-20/h1-3,5-8,13-14H,4,9-12,15H2. The number of carbonyl (C=O) groups excluding carboxylic acids is 1. The van der Waals surface area contributed by atoms with E-state index in [4.69, 9.17) is 0 Å². The van der Waals surface area contributed by atoms with Gasteiger partial charge in [-0.3, -0.25) is 9.69 Å². The summed E-state index contributed by atoms with van der Waals surface area (Å²) in [6, 6.07) is 18.9. The molecule has 1 fully saturated rings. The Labute approximate surface area is 171 Å². The zero-order valence-electron chi connectivity index (χ0n) is 14.5. The quantitative estimate of drug-likeness (QED) is 0.505. The van der Waals surface area contributed by atoms with Gasteiger partial charge in [-0.1, -0.05) is 30.3 Å². The van der Waals surface area contributed by atoms with Gasteiger partial charge >= 0.3 is 0 Å². The lowest BCUT2D eigenvalue weighted by molar-refractivity contribution is 0.0766. The lowest BCUT2D eigenvalue weighted by atomic mass is 10.2. The fourth-order valence-electron chi connectivity index (χ4n) is 3.47. The monoisotopic (exact) mass is 476 g/mol. The fraction of sp³-hybridized carbons (Fsp3) is 0.286. The minimum absolute atomic E-state index is 0.183. The number of benzene rings is 2. The highest BCUT2D eigenvalue weighted by Gasteiger charge is 2.21. The van der Waals surface area contributed by atoms with Crippen molar-refractivity contribution in [3.05, 3.63) is 68.6 Å². The van der Waals surface area contributed by atoms with Gasteiger partial charge in [-0.25, -0.2) is 0 Å². The Bertz CT molecular complexity index is 890. The van der Waals surface area contributed by atoms with Gasteiger partial charge in [0.25, 0.3) is 5.91 Å². The smallest absolute Gasteiger partial charge is 0.264 e. The average Bonchev–Trinajstić information content (AvgIpc) is 2.94. The molecular formula is C21H21IN2OS. The third-order valence-corrected chi connectivity index (χ3v) is 6.58. The van der Waals surface area contributed by atoms with Gasteiger partial charge < -0.3 is 4.90 Å².